The van der Waals surface area contributed by atoms with Gasteiger partial charge in [0.05, 0.1) is 16.8 Å². The fourth-order valence-electron chi connectivity index (χ4n) is 3.98. The van der Waals surface area contributed by atoms with Crippen LogP contribution in [0.25, 0.3) is 11.3 Å². The number of hydrogen-bond donors (Lipinski definition) is 3. The molecule has 0 aliphatic heterocycles. The lowest BCUT2D eigenvalue weighted by Crippen LogP contribution is -2.19. The average Bonchev–Trinajstić information content (AvgIpc) is 3.45. The fourth-order valence-corrected chi connectivity index (χ4v) is 5.99. The molecule has 0 aliphatic carbocycles. The molecule has 7 nitrogen and oxygen atoms in total. The highest BCUT2D eigenvalue weighted by atomic mass is 79.9. The van der Waals surface area contributed by atoms with Crippen LogP contribution in [0.15, 0.2) is 118 Å². The number of carbonyl (C=O) groups excluding carboxylic acids is 2. The van der Waals surface area contributed by atoms with Crippen LogP contribution in [0.3, 0.4) is 0 Å². The summed E-state index contributed by atoms with van der Waals surface area (Å²) < 4.78 is 0.978. The topological polar surface area (TPSA) is 108 Å². The molecule has 0 spiro atoms. The van der Waals surface area contributed by atoms with E-state index >= 15 is 0 Å². The second-order valence-corrected chi connectivity index (χ2v) is 11.7. The molecule has 0 fully saturated rings. The zero-order valence-corrected chi connectivity index (χ0v) is 24.5. The van der Waals surface area contributed by atoms with Gasteiger partial charge in [0.2, 0.25) is 5.91 Å². The molecule has 4 aromatic carbocycles. The maximum Gasteiger partial charge on any atom is 0.336 e. The number of amides is 2. The van der Waals surface area contributed by atoms with Crippen LogP contribution in [0.5, 0.6) is 0 Å². The summed E-state index contributed by atoms with van der Waals surface area (Å²) in [5.41, 5.74) is 3.08. The Morgan fingerprint density at radius 1 is 0.805 bits per heavy atom. The minimum Gasteiger partial charge on any atom is -0.478 e. The SMILES string of the molecule is O=C(O)c1ccccc1C(=O)Nc1ccc(SC(C(=O)Nc2nc(-c3ccc(Br)cc3)cs2)c2ccccc2)cc1. The minimum absolute atomic E-state index is 0.0712. The van der Waals surface area contributed by atoms with Crippen LogP contribution in [0, 0.1) is 0 Å². The summed E-state index contributed by atoms with van der Waals surface area (Å²) in [5, 5.41) is 16.9. The first-order valence-corrected chi connectivity index (χ1v) is 14.9. The zero-order valence-electron chi connectivity index (χ0n) is 21.3. The van der Waals surface area contributed by atoms with Gasteiger partial charge in [0.25, 0.3) is 5.91 Å². The molecule has 5 rings (SSSR count). The third-order valence-electron chi connectivity index (χ3n) is 5.98. The Balaban J connectivity index is 1.30. The third-order valence-corrected chi connectivity index (χ3v) is 8.54. The Hall–Kier alpha value is -4.25. The summed E-state index contributed by atoms with van der Waals surface area (Å²) in [6, 6.07) is 30.4. The molecule has 1 unspecified atom stereocenters. The summed E-state index contributed by atoms with van der Waals surface area (Å²) in [6.45, 7) is 0. The van der Waals surface area contributed by atoms with Crippen molar-refractivity contribution in [3.8, 4) is 11.3 Å². The molecule has 2 amide bonds. The minimum atomic E-state index is -1.17. The van der Waals surface area contributed by atoms with Gasteiger partial charge < -0.3 is 15.7 Å². The number of benzene rings is 4. The Bertz CT molecular complexity index is 1690. The van der Waals surface area contributed by atoms with E-state index < -0.39 is 17.1 Å². The number of nitrogens with one attached hydrogen (secondary N) is 2. The van der Waals surface area contributed by atoms with E-state index in [4.69, 9.17) is 0 Å². The van der Waals surface area contributed by atoms with Crippen molar-refractivity contribution in [3.05, 3.63) is 130 Å². The van der Waals surface area contributed by atoms with Crippen molar-refractivity contribution in [1.29, 1.82) is 0 Å². The number of hydrogen-bond acceptors (Lipinski definition) is 6. The van der Waals surface area contributed by atoms with E-state index in [1.54, 1.807) is 24.3 Å². The molecule has 0 aliphatic rings. The normalized spacial score (nSPS) is 11.4. The van der Waals surface area contributed by atoms with E-state index in [1.165, 1.54) is 35.2 Å². The van der Waals surface area contributed by atoms with E-state index in [1.807, 2.05) is 72.1 Å². The van der Waals surface area contributed by atoms with Crippen molar-refractivity contribution < 1.29 is 19.5 Å². The standard InChI is InChI=1S/C31H22BrN3O4S2/c32-21-12-10-19(11-13-21)26-18-40-31(34-26)35-29(37)27(20-6-2-1-3-7-20)41-23-16-14-22(15-17-23)33-28(36)24-8-4-5-9-25(24)30(38)39/h1-18,27H,(H,33,36)(H,38,39)(H,34,35,37). The van der Waals surface area contributed by atoms with Crippen LogP contribution in [0.4, 0.5) is 10.8 Å². The Morgan fingerprint density at radius 3 is 2.15 bits per heavy atom. The molecule has 0 saturated carbocycles. The predicted octanol–water partition coefficient (Wildman–Crippen LogP) is 8.00. The molecular weight excluding hydrogens is 622 g/mol. The molecule has 3 N–H and O–H groups in total. The number of aromatic carboxylic acids is 1. The molecular formula is C31H22BrN3O4S2. The van der Waals surface area contributed by atoms with E-state index in [-0.39, 0.29) is 17.0 Å². The molecule has 5 aromatic rings. The van der Waals surface area contributed by atoms with Crippen LogP contribution < -0.4 is 10.6 Å². The highest BCUT2D eigenvalue weighted by Crippen LogP contribution is 2.37. The number of carbonyl (C=O) groups is 3. The Kier molecular flexibility index (Phi) is 8.93. The summed E-state index contributed by atoms with van der Waals surface area (Å²) in [6.07, 6.45) is 0. The van der Waals surface area contributed by atoms with Gasteiger partial charge >= 0.3 is 5.97 Å². The third kappa shape index (κ3) is 7.10. The van der Waals surface area contributed by atoms with Gasteiger partial charge in [-0.1, -0.05) is 70.5 Å². The first-order valence-electron chi connectivity index (χ1n) is 12.3. The van der Waals surface area contributed by atoms with E-state index in [0.29, 0.717) is 10.8 Å². The molecule has 1 heterocycles. The van der Waals surface area contributed by atoms with Crippen molar-refractivity contribution in [2.75, 3.05) is 10.6 Å². The molecule has 1 aromatic heterocycles. The molecule has 10 heteroatoms. The molecule has 0 saturated heterocycles. The van der Waals surface area contributed by atoms with Crippen molar-refractivity contribution in [2.24, 2.45) is 0 Å². The lowest BCUT2D eigenvalue weighted by atomic mass is 10.1. The van der Waals surface area contributed by atoms with Crippen LogP contribution in [-0.2, 0) is 4.79 Å². The molecule has 41 heavy (non-hydrogen) atoms. The quantitative estimate of drug-likeness (QED) is 0.140. The van der Waals surface area contributed by atoms with Crippen molar-refractivity contribution in [3.63, 3.8) is 0 Å². The second-order valence-electron chi connectivity index (χ2n) is 8.77. The number of anilines is 2. The van der Waals surface area contributed by atoms with Gasteiger partial charge in [0.15, 0.2) is 5.13 Å². The highest BCUT2D eigenvalue weighted by Gasteiger charge is 2.23. The highest BCUT2D eigenvalue weighted by molar-refractivity contribution is 9.10. The van der Waals surface area contributed by atoms with Crippen molar-refractivity contribution >= 4 is 67.6 Å². The van der Waals surface area contributed by atoms with Crippen LogP contribution in [-0.4, -0.2) is 27.9 Å². The van der Waals surface area contributed by atoms with Gasteiger partial charge in [-0.05, 0) is 54.1 Å². The van der Waals surface area contributed by atoms with Gasteiger partial charge in [-0.3, -0.25) is 9.59 Å². The van der Waals surface area contributed by atoms with Gasteiger partial charge in [0, 0.05) is 26.0 Å². The number of halogens is 1. The van der Waals surface area contributed by atoms with Gasteiger partial charge in [-0.25, -0.2) is 9.78 Å². The average molecular weight is 645 g/mol. The Morgan fingerprint density at radius 2 is 1.46 bits per heavy atom. The summed E-state index contributed by atoms with van der Waals surface area (Å²) in [4.78, 5) is 43.1. The number of thioether (sulfide) groups is 1. The van der Waals surface area contributed by atoms with Gasteiger partial charge in [-0.2, -0.15) is 0 Å². The van der Waals surface area contributed by atoms with E-state index in [9.17, 15) is 19.5 Å². The lowest BCUT2D eigenvalue weighted by Gasteiger charge is -2.16. The maximum atomic E-state index is 13.5. The zero-order chi connectivity index (χ0) is 28.8. The monoisotopic (exact) mass is 643 g/mol. The fraction of sp³-hybridized carbons (Fsp3) is 0.0323. The lowest BCUT2D eigenvalue weighted by molar-refractivity contribution is -0.115. The number of rotatable bonds is 9. The largest absolute Gasteiger partial charge is 0.478 e. The summed E-state index contributed by atoms with van der Waals surface area (Å²) >= 11 is 6.17. The Labute approximate surface area is 252 Å². The number of carboxylic acids is 1. The number of aromatic nitrogens is 1. The van der Waals surface area contributed by atoms with Gasteiger partial charge in [-0.15, -0.1) is 23.1 Å². The van der Waals surface area contributed by atoms with Crippen molar-refractivity contribution in [1.82, 2.24) is 4.98 Å². The van der Waals surface area contributed by atoms with Crippen LogP contribution >= 0.6 is 39.0 Å². The molecule has 0 radical (unpaired) electrons. The number of thiazole rings is 1. The molecule has 1 atom stereocenters. The summed E-state index contributed by atoms with van der Waals surface area (Å²) in [5.74, 6) is -1.90. The molecule has 204 valence electrons. The first-order chi connectivity index (χ1) is 19.9. The first kappa shape index (κ1) is 28.3. The smallest absolute Gasteiger partial charge is 0.336 e. The maximum absolute atomic E-state index is 13.5. The number of nitrogens with zero attached hydrogens (tertiary/aromatic N) is 1. The second kappa shape index (κ2) is 12.9. The number of carboxylic acid groups (broad SMARTS) is 1. The predicted molar refractivity (Wildman–Crippen MR) is 167 cm³/mol. The van der Waals surface area contributed by atoms with Crippen LogP contribution in [0.2, 0.25) is 0 Å². The van der Waals surface area contributed by atoms with Crippen LogP contribution in [0.1, 0.15) is 31.5 Å². The summed E-state index contributed by atoms with van der Waals surface area (Å²) in [7, 11) is 0. The molecule has 0 bridgehead atoms. The van der Waals surface area contributed by atoms with E-state index in [0.717, 1.165) is 26.2 Å². The van der Waals surface area contributed by atoms with E-state index in [2.05, 4.69) is 31.5 Å². The van der Waals surface area contributed by atoms with Crippen molar-refractivity contribution in [2.45, 2.75) is 10.1 Å². The van der Waals surface area contributed by atoms with Gasteiger partial charge in [0.1, 0.15) is 5.25 Å².